The lowest BCUT2D eigenvalue weighted by molar-refractivity contribution is -0.121. The van der Waals surface area contributed by atoms with Gasteiger partial charge < -0.3 is 11.1 Å². The number of amides is 1. The third kappa shape index (κ3) is 5.25. The van der Waals surface area contributed by atoms with E-state index in [9.17, 15) is 4.79 Å². The van der Waals surface area contributed by atoms with Gasteiger partial charge in [0.15, 0.2) is 0 Å². The van der Waals surface area contributed by atoms with Crippen LogP contribution in [-0.4, -0.2) is 18.5 Å². The van der Waals surface area contributed by atoms with Crippen LogP contribution in [0.15, 0.2) is 18.2 Å². The van der Waals surface area contributed by atoms with E-state index in [1.807, 2.05) is 6.92 Å². The molecule has 0 aliphatic heterocycles. The van der Waals surface area contributed by atoms with Gasteiger partial charge in [-0.2, -0.15) is 0 Å². The highest BCUT2D eigenvalue weighted by molar-refractivity contribution is 6.35. The lowest BCUT2D eigenvalue weighted by Gasteiger charge is -2.09. The summed E-state index contributed by atoms with van der Waals surface area (Å²) in [5.41, 5.74) is 6.45. The van der Waals surface area contributed by atoms with Gasteiger partial charge in [-0.1, -0.05) is 29.3 Å². The average Bonchev–Trinajstić information content (AvgIpc) is 2.30. The van der Waals surface area contributed by atoms with Crippen LogP contribution < -0.4 is 11.1 Å². The highest BCUT2D eigenvalue weighted by Crippen LogP contribution is 2.24. The van der Waals surface area contributed by atoms with E-state index in [1.165, 1.54) is 0 Å². The summed E-state index contributed by atoms with van der Waals surface area (Å²) in [4.78, 5) is 11.5. The molecule has 1 unspecified atom stereocenters. The first-order valence-corrected chi connectivity index (χ1v) is 6.71. The molecule has 5 heteroatoms. The number of rotatable bonds is 6. The van der Waals surface area contributed by atoms with Crippen LogP contribution >= 0.6 is 23.2 Å². The van der Waals surface area contributed by atoms with E-state index in [4.69, 9.17) is 28.9 Å². The van der Waals surface area contributed by atoms with Crippen LogP contribution in [0.5, 0.6) is 0 Å². The van der Waals surface area contributed by atoms with Crippen LogP contribution in [0.2, 0.25) is 10.0 Å². The van der Waals surface area contributed by atoms with Gasteiger partial charge in [-0.05, 0) is 37.5 Å². The van der Waals surface area contributed by atoms with Crippen molar-refractivity contribution < 1.29 is 4.79 Å². The number of carbonyl (C=O) groups is 1. The Hall–Kier alpha value is -0.770. The van der Waals surface area contributed by atoms with E-state index in [1.54, 1.807) is 18.2 Å². The first-order chi connectivity index (χ1) is 8.50. The molecule has 0 fully saturated rings. The summed E-state index contributed by atoms with van der Waals surface area (Å²) in [6, 6.07) is 5.44. The largest absolute Gasteiger partial charge is 0.356 e. The van der Waals surface area contributed by atoms with Crippen LogP contribution in [-0.2, 0) is 11.2 Å². The number of nitrogens with two attached hydrogens (primary N) is 1. The molecule has 100 valence electrons. The fourth-order valence-corrected chi connectivity index (χ4v) is 2.13. The molecule has 1 amide bonds. The molecule has 1 atom stereocenters. The van der Waals surface area contributed by atoms with Crippen molar-refractivity contribution in [1.29, 1.82) is 0 Å². The summed E-state index contributed by atoms with van der Waals surface area (Å²) in [6.45, 7) is 2.41. The van der Waals surface area contributed by atoms with Crippen molar-refractivity contribution in [2.75, 3.05) is 6.54 Å². The first kappa shape index (κ1) is 15.3. The van der Waals surface area contributed by atoms with E-state index >= 15 is 0 Å². The number of benzene rings is 1. The van der Waals surface area contributed by atoms with E-state index < -0.39 is 0 Å². The van der Waals surface area contributed by atoms with Crippen LogP contribution in [0.25, 0.3) is 0 Å². The Morgan fingerprint density at radius 1 is 1.39 bits per heavy atom. The Kier molecular flexibility index (Phi) is 6.47. The zero-order chi connectivity index (χ0) is 13.5. The fraction of sp³-hybridized carbons (Fsp3) is 0.462. The Labute approximate surface area is 118 Å². The van der Waals surface area contributed by atoms with Gasteiger partial charge >= 0.3 is 0 Å². The minimum absolute atomic E-state index is 0.00970. The molecule has 1 aromatic rings. The molecule has 3 nitrogen and oxygen atoms in total. The van der Waals surface area contributed by atoms with E-state index in [2.05, 4.69) is 5.32 Å². The molecular formula is C13H18Cl2N2O. The first-order valence-electron chi connectivity index (χ1n) is 5.96. The number of hydrogen-bond acceptors (Lipinski definition) is 2. The van der Waals surface area contributed by atoms with Crippen LogP contribution in [0.4, 0.5) is 0 Å². The molecule has 0 saturated carbocycles. The SMILES string of the molecule is CC(N)CCC(=O)NCCc1c(Cl)cccc1Cl. The number of halogens is 2. The lowest BCUT2D eigenvalue weighted by Crippen LogP contribution is -2.27. The highest BCUT2D eigenvalue weighted by Gasteiger charge is 2.07. The van der Waals surface area contributed by atoms with Gasteiger partial charge in [-0.3, -0.25) is 4.79 Å². The second kappa shape index (κ2) is 7.62. The summed E-state index contributed by atoms with van der Waals surface area (Å²) in [5.74, 6) is 0.00970. The maximum atomic E-state index is 11.5. The predicted molar refractivity (Wildman–Crippen MR) is 76.1 cm³/mol. The molecule has 0 radical (unpaired) electrons. The molecule has 0 bridgehead atoms. The van der Waals surface area contributed by atoms with Gasteiger partial charge in [0.2, 0.25) is 5.91 Å². The molecule has 0 saturated heterocycles. The molecule has 0 aliphatic rings. The van der Waals surface area contributed by atoms with Crippen molar-refractivity contribution in [2.45, 2.75) is 32.2 Å². The van der Waals surface area contributed by atoms with Crippen molar-refractivity contribution >= 4 is 29.1 Å². The summed E-state index contributed by atoms with van der Waals surface area (Å²) in [7, 11) is 0. The monoisotopic (exact) mass is 288 g/mol. The molecule has 0 spiro atoms. The van der Waals surface area contributed by atoms with E-state index in [-0.39, 0.29) is 11.9 Å². The summed E-state index contributed by atoms with van der Waals surface area (Å²) in [6.07, 6.45) is 1.77. The molecule has 0 aliphatic carbocycles. The molecule has 3 N–H and O–H groups in total. The Balaban J connectivity index is 2.35. The summed E-state index contributed by atoms with van der Waals surface area (Å²) in [5, 5.41) is 4.09. The number of carbonyl (C=O) groups excluding carboxylic acids is 1. The zero-order valence-electron chi connectivity index (χ0n) is 10.4. The molecule has 1 rings (SSSR count). The van der Waals surface area contributed by atoms with Gasteiger partial charge in [0.05, 0.1) is 0 Å². The lowest BCUT2D eigenvalue weighted by atomic mass is 10.1. The van der Waals surface area contributed by atoms with Crippen molar-refractivity contribution in [1.82, 2.24) is 5.32 Å². The third-order valence-corrected chi connectivity index (χ3v) is 3.29. The molecule has 0 heterocycles. The van der Waals surface area contributed by atoms with Crippen molar-refractivity contribution in [3.8, 4) is 0 Å². The van der Waals surface area contributed by atoms with Gasteiger partial charge in [0.1, 0.15) is 0 Å². The van der Waals surface area contributed by atoms with Gasteiger partial charge in [-0.25, -0.2) is 0 Å². The van der Waals surface area contributed by atoms with E-state index in [0.29, 0.717) is 35.9 Å². The standard InChI is InChI=1S/C13H18Cl2N2O/c1-9(16)5-6-13(18)17-8-7-10-11(14)3-2-4-12(10)15/h2-4,9H,5-8,16H2,1H3,(H,17,18). The summed E-state index contributed by atoms with van der Waals surface area (Å²) >= 11 is 12.1. The highest BCUT2D eigenvalue weighted by atomic mass is 35.5. The maximum absolute atomic E-state index is 11.5. The number of nitrogens with one attached hydrogen (secondary N) is 1. The average molecular weight is 289 g/mol. The Morgan fingerprint density at radius 2 is 2.00 bits per heavy atom. The minimum Gasteiger partial charge on any atom is -0.356 e. The normalized spacial score (nSPS) is 12.2. The second-order valence-corrected chi connectivity index (χ2v) is 5.13. The molecule has 0 aromatic heterocycles. The molecule has 18 heavy (non-hydrogen) atoms. The second-order valence-electron chi connectivity index (χ2n) is 4.32. The smallest absolute Gasteiger partial charge is 0.220 e. The minimum atomic E-state index is 0.00970. The van der Waals surface area contributed by atoms with E-state index in [0.717, 1.165) is 5.56 Å². The van der Waals surface area contributed by atoms with Crippen molar-refractivity contribution in [3.63, 3.8) is 0 Å². The fourth-order valence-electron chi connectivity index (χ4n) is 1.55. The number of hydrogen-bond donors (Lipinski definition) is 2. The van der Waals surface area contributed by atoms with Gasteiger partial charge in [0, 0.05) is 29.1 Å². The van der Waals surface area contributed by atoms with Crippen LogP contribution in [0, 0.1) is 0 Å². The third-order valence-electron chi connectivity index (χ3n) is 2.59. The Morgan fingerprint density at radius 3 is 2.56 bits per heavy atom. The maximum Gasteiger partial charge on any atom is 0.220 e. The predicted octanol–water partition coefficient (Wildman–Crippen LogP) is 2.78. The summed E-state index contributed by atoms with van der Waals surface area (Å²) < 4.78 is 0. The topological polar surface area (TPSA) is 55.1 Å². The Bertz CT molecular complexity index is 388. The van der Waals surface area contributed by atoms with Crippen molar-refractivity contribution in [2.24, 2.45) is 5.73 Å². The molecular weight excluding hydrogens is 271 g/mol. The van der Waals surface area contributed by atoms with Crippen LogP contribution in [0.3, 0.4) is 0 Å². The zero-order valence-corrected chi connectivity index (χ0v) is 11.9. The van der Waals surface area contributed by atoms with Gasteiger partial charge in [0.25, 0.3) is 0 Å². The molecule has 1 aromatic carbocycles. The van der Waals surface area contributed by atoms with Crippen molar-refractivity contribution in [3.05, 3.63) is 33.8 Å². The quantitative estimate of drug-likeness (QED) is 0.846. The van der Waals surface area contributed by atoms with Gasteiger partial charge in [-0.15, -0.1) is 0 Å². The van der Waals surface area contributed by atoms with Crippen LogP contribution in [0.1, 0.15) is 25.3 Å².